The second-order valence-corrected chi connectivity index (χ2v) is 6.21. The van der Waals surface area contributed by atoms with Gasteiger partial charge in [-0.1, -0.05) is 18.2 Å². The van der Waals surface area contributed by atoms with Crippen LogP contribution in [-0.2, 0) is 4.79 Å². The minimum Gasteiger partial charge on any atom is -0.399 e. The van der Waals surface area contributed by atoms with Crippen LogP contribution in [0.2, 0.25) is 0 Å². The van der Waals surface area contributed by atoms with Crippen molar-refractivity contribution >= 4 is 23.2 Å². The Kier molecular flexibility index (Phi) is 4.51. The maximum absolute atomic E-state index is 12.3. The lowest BCUT2D eigenvalue weighted by Gasteiger charge is -2.15. The Morgan fingerprint density at radius 2 is 1.83 bits per heavy atom. The van der Waals surface area contributed by atoms with E-state index in [1.165, 1.54) is 0 Å². The maximum atomic E-state index is 12.3. The standard InChI is InChI=1S/C19H21N3O2/c1-12(21-19(24)15-3-2-4-16(20)11-15)13-7-9-17(10-8-13)22-18(23)14-5-6-14/h2-4,7-12,14H,5-6,20H2,1H3,(H,21,24)(H,22,23). The molecule has 4 N–H and O–H groups in total. The van der Waals surface area contributed by atoms with E-state index in [4.69, 9.17) is 5.73 Å². The predicted octanol–water partition coefficient (Wildman–Crippen LogP) is 3.11. The molecule has 0 radical (unpaired) electrons. The van der Waals surface area contributed by atoms with E-state index < -0.39 is 0 Å². The van der Waals surface area contributed by atoms with Crippen molar-refractivity contribution in [3.63, 3.8) is 0 Å². The first-order valence-electron chi connectivity index (χ1n) is 8.10. The van der Waals surface area contributed by atoms with Crippen molar-refractivity contribution in [3.8, 4) is 0 Å². The van der Waals surface area contributed by atoms with Gasteiger partial charge in [-0.3, -0.25) is 9.59 Å². The molecule has 0 heterocycles. The quantitative estimate of drug-likeness (QED) is 0.739. The highest BCUT2D eigenvalue weighted by Crippen LogP contribution is 2.30. The molecule has 1 atom stereocenters. The summed E-state index contributed by atoms with van der Waals surface area (Å²) in [7, 11) is 0. The molecule has 1 fully saturated rings. The topological polar surface area (TPSA) is 84.2 Å². The van der Waals surface area contributed by atoms with Crippen molar-refractivity contribution in [1.29, 1.82) is 0 Å². The lowest BCUT2D eigenvalue weighted by molar-refractivity contribution is -0.117. The minimum absolute atomic E-state index is 0.0887. The Bertz CT molecular complexity index is 751. The third kappa shape index (κ3) is 3.93. The Morgan fingerprint density at radius 1 is 1.12 bits per heavy atom. The van der Waals surface area contributed by atoms with Crippen LogP contribution in [0.25, 0.3) is 0 Å². The van der Waals surface area contributed by atoms with E-state index in [1.807, 2.05) is 31.2 Å². The molecule has 5 heteroatoms. The van der Waals surface area contributed by atoms with Gasteiger partial charge in [-0.2, -0.15) is 0 Å². The number of nitrogens with two attached hydrogens (primary N) is 1. The van der Waals surface area contributed by atoms with Gasteiger partial charge in [-0.25, -0.2) is 0 Å². The molecule has 2 aromatic carbocycles. The van der Waals surface area contributed by atoms with Crippen molar-refractivity contribution in [3.05, 3.63) is 59.7 Å². The molecule has 3 rings (SSSR count). The van der Waals surface area contributed by atoms with Gasteiger partial charge < -0.3 is 16.4 Å². The first-order valence-corrected chi connectivity index (χ1v) is 8.10. The summed E-state index contributed by atoms with van der Waals surface area (Å²) in [5.74, 6) is 0.105. The fourth-order valence-corrected chi connectivity index (χ4v) is 2.49. The summed E-state index contributed by atoms with van der Waals surface area (Å²) >= 11 is 0. The number of nitrogens with one attached hydrogen (secondary N) is 2. The molecule has 0 aromatic heterocycles. The van der Waals surface area contributed by atoms with Gasteiger partial charge in [-0.15, -0.1) is 0 Å². The van der Waals surface area contributed by atoms with Crippen LogP contribution < -0.4 is 16.4 Å². The molecule has 5 nitrogen and oxygen atoms in total. The van der Waals surface area contributed by atoms with Crippen LogP contribution in [0.5, 0.6) is 0 Å². The average molecular weight is 323 g/mol. The minimum atomic E-state index is -0.166. The Hall–Kier alpha value is -2.82. The van der Waals surface area contributed by atoms with Gasteiger partial charge >= 0.3 is 0 Å². The molecule has 24 heavy (non-hydrogen) atoms. The lowest BCUT2D eigenvalue weighted by Crippen LogP contribution is -2.26. The average Bonchev–Trinajstić information content (AvgIpc) is 3.40. The fraction of sp³-hybridized carbons (Fsp3) is 0.263. The molecular formula is C19H21N3O2. The second kappa shape index (κ2) is 6.74. The first kappa shape index (κ1) is 16.1. The van der Waals surface area contributed by atoms with Crippen LogP contribution in [0.1, 0.15) is 41.7 Å². The fourth-order valence-electron chi connectivity index (χ4n) is 2.49. The monoisotopic (exact) mass is 323 g/mol. The van der Waals surface area contributed by atoms with E-state index >= 15 is 0 Å². The number of carbonyl (C=O) groups is 2. The molecule has 1 aliphatic carbocycles. The molecule has 124 valence electrons. The number of carbonyl (C=O) groups excluding carboxylic acids is 2. The van der Waals surface area contributed by atoms with Crippen molar-refractivity contribution in [1.82, 2.24) is 5.32 Å². The van der Waals surface area contributed by atoms with Gasteiger partial charge in [0.1, 0.15) is 0 Å². The molecule has 1 unspecified atom stereocenters. The van der Waals surface area contributed by atoms with Crippen molar-refractivity contribution in [2.45, 2.75) is 25.8 Å². The highest BCUT2D eigenvalue weighted by molar-refractivity contribution is 5.95. The number of hydrogen-bond acceptors (Lipinski definition) is 3. The number of nitrogen functional groups attached to an aromatic ring is 1. The zero-order valence-corrected chi connectivity index (χ0v) is 13.6. The number of rotatable bonds is 5. The number of anilines is 2. The van der Waals surface area contributed by atoms with Crippen molar-refractivity contribution in [2.75, 3.05) is 11.1 Å². The summed E-state index contributed by atoms with van der Waals surface area (Å²) in [6, 6.07) is 14.3. The maximum Gasteiger partial charge on any atom is 0.251 e. The zero-order valence-electron chi connectivity index (χ0n) is 13.6. The van der Waals surface area contributed by atoms with E-state index in [9.17, 15) is 9.59 Å². The molecule has 2 aromatic rings. The number of benzene rings is 2. The largest absolute Gasteiger partial charge is 0.399 e. The Labute approximate surface area is 141 Å². The summed E-state index contributed by atoms with van der Waals surface area (Å²) in [4.78, 5) is 24.0. The molecule has 2 amide bonds. The van der Waals surface area contributed by atoms with Crippen LogP contribution >= 0.6 is 0 Å². The predicted molar refractivity (Wildman–Crippen MR) is 94.5 cm³/mol. The van der Waals surface area contributed by atoms with Crippen LogP contribution in [0.15, 0.2) is 48.5 Å². The molecule has 1 saturated carbocycles. The third-order valence-electron chi connectivity index (χ3n) is 4.12. The van der Waals surface area contributed by atoms with Crippen molar-refractivity contribution in [2.24, 2.45) is 5.92 Å². The Morgan fingerprint density at radius 3 is 2.46 bits per heavy atom. The molecule has 0 bridgehead atoms. The number of amides is 2. The molecule has 0 saturated heterocycles. The van der Waals surface area contributed by atoms with Crippen LogP contribution in [0.4, 0.5) is 11.4 Å². The van der Waals surface area contributed by atoms with Crippen LogP contribution in [0, 0.1) is 5.92 Å². The third-order valence-corrected chi connectivity index (χ3v) is 4.12. The van der Waals surface area contributed by atoms with Gasteiger partial charge in [0.05, 0.1) is 6.04 Å². The molecule has 0 spiro atoms. The van der Waals surface area contributed by atoms with E-state index in [-0.39, 0.29) is 23.8 Å². The van der Waals surface area contributed by atoms with Gasteiger partial charge in [0, 0.05) is 22.9 Å². The molecule has 0 aliphatic heterocycles. The molecule has 1 aliphatic rings. The van der Waals surface area contributed by atoms with Gasteiger partial charge in [0.2, 0.25) is 5.91 Å². The van der Waals surface area contributed by atoms with E-state index in [2.05, 4.69) is 10.6 Å². The number of hydrogen-bond donors (Lipinski definition) is 3. The van der Waals surface area contributed by atoms with Crippen LogP contribution in [0.3, 0.4) is 0 Å². The summed E-state index contributed by atoms with van der Waals surface area (Å²) in [5.41, 5.74) is 8.56. The second-order valence-electron chi connectivity index (χ2n) is 6.21. The smallest absolute Gasteiger partial charge is 0.251 e. The highest BCUT2D eigenvalue weighted by atomic mass is 16.2. The van der Waals surface area contributed by atoms with E-state index in [0.29, 0.717) is 11.3 Å². The first-order chi connectivity index (χ1) is 11.5. The highest BCUT2D eigenvalue weighted by Gasteiger charge is 2.29. The Balaban J connectivity index is 1.61. The zero-order chi connectivity index (χ0) is 17.1. The summed E-state index contributed by atoms with van der Waals surface area (Å²) in [6.45, 7) is 1.92. The lowest BCUT2D eigenvalue weighted by atomic mass is 10.1. The van der Waals surface area contributed by atoms with E-state index in [0.717, 1.165) is 24.1 Å². The SMILES string of the molecule is CC(NC(=O)c1cccc(N)c1)c1ccc(NC(=O)C2CC2)cc1. The molecular weight excluding hydrogens is 302 g/mol. The van der Waals surface area contributed by atoms with E-state index in [1.54, 1.807) is 24.3 Å². The van der Waals surface area contributed by atoms with Gasteiger partial charge in [-0.05, 0) is 55.7 Å². The summed E-state index contributed by atoms with van der Waals surface area (Å²) < 4.78 is 0. The normalized spacial score (nSPS) is 14.7. The van der Waals surface area contributed by atoms with Gasteiger partial charge in [0.15, 0.2) is 0 Å². The van der Waals surface area contributed by atoms with Gasteiger partial charge in [0.25, 0.3) is 5.91 Å². The van der Waals surface area contributed by atoms with Crippen molar-refractivity contribution < 1.29 is 9.59 Å². The van der Waals surface area contributed by atoms with Crippen LogP contribution in [-0.4, -0.2) is 11.8 Å². The summed E-state index contributed by atoms with van der Waals surface area (Å²) in [6.07, 6.45) is 1.97. The summed E-state index contributed by atoms with van der Waals surface area (Å²) in [5, 5.41) is 5.85.